The number of rotatable bonds is 2. The summed E-state index contributed by atoms with van der Waals surface area (Å²) in [6.45, 7) is 0. The van der Waals surface area contributed by atoms with E-state index in [1.807, 2.05) is 0 Å². The van der Waals surface area contributed by atoms with Crippen molar-refractivity contribution in [1.82, 2.24) is 4.90 Å². The molecule has 1 saturated carbocycles. The molecular weight excluding hydrogens is 252 g/mol. The fourth-order valence-electron chi connectivity index (χ4n) is 3.13. The first-order valence-corrected chi connectivity index (χ1v) is 7.32. The lowest BCUT2D eigenvalue weighted by Gasteiger charge is -2.48. The maximum absolute atomic E-state index is 11.8. The van der Waals surface area contributed by atoms with E-state index < -0.39 is 12.0 Å². The van der Waals surface area contributed by atoms with Crippen LogP contribution in [0.5, 0.6) is 0 Å². The molecule has 3 N–H and O–H groups in total. The van der Waals surface area contributed by atoms with Gasteiger partial charge in [-0.1, -0.05) is 12.8 Å². The van der Waals surface area contributed by atoms with Crippen LogP contribution in [0.15, 0.2) is 11.3 Å². The summed E-state index contributed by atoms with van der Waals surface area (Å²) >= 11 is 1.60. The van der Waals surface area contributed by atoms with Crippen LogP contribution >= 0.6 is 11.8 Å². The van der Waals surface area contributed by atoms with E-state index in [9.17, 15) is 14.7 Å². The third-order valence-corrected chi connectivity index (χ3v) is 5.41. The highest BCUT2D eigenvalue weighted by Crippen LogP contribution is 2.44. The molecule has 1 amide bonds. The van der Waals surface area contributed by atoms with E-state index in [-0.39, 0.29) is 17.0 Å². The Bertz CT molecular complexity index is 443. The number of carbonyl (C=O) groups excluding carboxylic acids is 1. The van der Waals surface area contributed by atoms with Crippen LogP contribution < -0.4 is 5.73 Å². The number of carboxylic acid groups (broad SMARTS) is 1. The van der Waals surface area contributed by atoms with E-state index in [1.165, 1.54) is 4.90 Å². The molecular formula is C12H16N2O3S. The van der Waals surface area contributed by atoms with Crippen molar-refractivity contribution < 1.29 is 14.7 Å². The Kier molecular flexibility index (Phi) is 2.86. The number of thioether (sulfide) groups is 1. The number of nitrogens with two attached hydrogens (primary N) is 1. The monoisotopic (exact) mass is 268 g/mol. The van der Waals surface area contributed by atoms with Gasteiger partial charge in [-0.25, -0.2) is 4.79 Å². The Morgan fingerprint density at radius 2 is 2.06 bits per heavy atom. The van der Waals surface area contributed by atoms with Crippen LogP contribution in [-0.2, 0) is 9.59 Å². The van der Waals surface area contributed by atoms with Crippen molar-refractivity contribution in [1.29, 1.82) is 0 Å². The van der Waals surface area contributed by atoms with E-state index >= 15 is 0 Å². The molecule has 1 aliphatic carbocycles. The summed E-state index contributed by atoms with van der Waals surface area (Å²) < 4.78 is 0. The van der Waals surface area contributed by atoms with Crippen molar-refractivity contribution >= 4 is 23.6 Å². The lowest BCUT2D eigenvalue weighted by molar-refractivity contribution is -0.148. The predicted molar refractivity (Wildman–Crippen MR) is 67.7 cm³/mol. The first kappa shape index (κ1) is 12.0. The van der Waals surface area contributed by atoms with Crippen LogP contribution in [0.3, 0.4) is 0 Å². The van der Waals surface area contributed by atoms with Crippen molar-refractivity contribution in [2.24, 2.45) is 11.7 Å². The normalized spacial score (nSPS) is 32.5. The summed E-state index contributed by atoms with van der Waals surface area (Å²) in [4.78, 5) is 24.6. The van der Waals surface area contributed by atoms with Crippen molar-refractivity contribution in [3.05, 3.63) is 11.3 Å². The molecule has 2 heterocycles. The van der Waals surface area contributed by atoms with Crippen LogP contribution in [0.1, 0.15) is 25.7 Å². The topological polar surface area (TPSA) is 83.6 Å². The van der Waals surface area contributed by atoms with Gasteiger partial charge in [-0.15, -0.1) is 11.8 Å². The first-order valence-electron chi connectivity index (χ1n) is 6.28. The van der Waals surface area contributed by atoms with Crippen LogP contribution in [0.25, 0.3) is 0 Å². The SMILES string of the molecule is NC1C(=O)N2C(C(=O)O)=C(C3CCCC3)CS[C@@H]12. The Balaban J connectivity index is 1.97. The Hall–Kier alpha value is -1.01. The molecule has 98 valence electrons. The van der Waals surface area contributed by atoms with Gasteiger partial charge in [-0.3, -0.25) is 9.69 Å². The Morgan fingerprint density at radius 1 is 1.39 bits per heavy atom. The summed E-state index contributed by atoms with van der Waals surface area (Å²) in [6, 6.07) is -0.533. The van der Waals surface area contributed by atoms with E-state index in [4.69, 9.17) is 5.73 Å². The lowest BCUT2D eigenvalue weighted by Crippen LogP contribution is -2.68. The largest absolute Gasteiger partial charge is 0.477 e. The molecule has 0 aromatic carbocycles. The second kappa shape index (κ2) is 4.28. The number of aliphatic carboxylic acids is 1. The van der Waals surface area contributed by atoms with Gasteiger partial charge in [0.25, 0.3) is 0 Å². The lowest BCUT2D eigenvalue weighted by atomic mass is 9.94. The summed E-state index contributed by atoms with van der Waals surface area (Å²) in [5.74, 6) is -0.189. The number of nitrogens with zero attached hydrogens (tertiary/aromatic N) is 1. The zero-order valence-electron chi connectivity index (χ0n) is 9.96. The number of carboxylic acids is 1. The van der Waals surface area contributed by atoms with Gasteiger partial charge in [0.15, 0.2) is 0 Å². The summed E-state index contributed by atoms with van der Waals surface area (Å²) in [7, 11) is 0. The van der Waals surface area contributed by atoms with Crippen molar-refractivity contribution in [3.63, 3.8) is 0 Å². The molecule has 0 bridgehead atoms. The minimum Gasteiger partial charge on any atom is -0.477 e. The van der Waals surface area contributed by atoms with Crippen LogP contribution in [0, 0.1) is 5.92 Å². The molecule has 3 rings (SSSR count). The average Bonchev–Trinajstić information content (AvgIpc) is 2.89. The molecule has 2 aliphatic heterocycles. The van der Waals surface area contributed by atoms with Gasteiger partial charge in [-0.2, -0.15) is 0 Å². The molecule has 0 aromatic rings. The molecule has 0 spiro atoms. The number of hydrogen-bond acceptors (Lipinski definition) is 4. The zero-order valence-corrected chi connectivity index (χ0v) is 10.8. The highest BCUT2D eigenvalue weighted by atomic mass is 32.2. The fourth-order valence-corrected chi connectivity index (χ4v) is 4.53. The average molecular weight is 268 g/mol. The Morgan fingerprint density at radius 3 is 2.67 bits per heavy atom. The third-order valence-electron chi connectivity index (χ3n) is 4.09. The van der Waals surface area contributed by atoms with Gasteiger partial charge in [0.2, 0.25) is 5.91 Å². The van der Waals surface area contributed by atoms with E-state index in [0.29, 0.717) is 11.7 Å². The van der Waals surface area contributed by atoms with Gasteiger partial charge in [0.05, 0.1) is 0 Å². The van der Waals surface area contributed by atoms with Gasteiger partial charge >= 0.3 is 5.97 Å². The summed E-state index contributed by atoms with van der Waals surface area (Å²) in [6.07, 6.45) is 4.40. The van der Waals surface area contributed by atoms with Gasteiger partial charge < -0.3 is 10.8 Å². The van der Waals surface area contributed by atoms with Crippen molar-refractivity contribution in [2.45, 2.75) is 37.1 Å². The highest BCUT2D eigenvalue weighted by Gasteiger charge is 2.52. The van der Waals surface area contributed by atoms with E-state index in [0.717, 1.165) is 31.3 Å². The van der Waals surface area contributed by atoms with Crippen LogP contribution in [-0.4, -0.2) is 39.1 Å². The van der Waals surface area contributed by atoms with Gasteiger partial charge in [0.1, 0.15) is 17.1 Å². The number of hydrogen-bond donors (Lipinski definition) is 2. The smallest absolute Gasteiger partial charge is 0.352 e. The maximum Gasteiger partial charge on any atom is 0.352 e. The molecule has 3 aliphatic rings. The molecule has 1 saturated heterocycles. The fraction of sp³-hybridized carbons (Fsp3) is 0.667. The number of fused-ring (bicyclic) bond motifs is 1. The molecule has 5 nitrogen and oxygen atoms in total. The highest BCUT2D eigenvalue weighted by molar-refractivity contribution is 8.00. The van der Waals surface area contributed by atoms with Gasteiger partial charge in [0, 0.05) is 5.75 Å². The van der Waals surface area contributed by atoms with E-state index in [2.05, 4.69) is 0 Å². The van der Waals surface area contributed by atoms with Crippen molar-refractivity contribution in [2.75, 3.05) is 5.75 Å². The molecule has 2 fully saturated rings. The molecule has 6 heteroatoms. The molecule has 18 heavy (non-hydrogen) atoms. The summed E-state index contributed by atoms with van der Waals surface area (Å²) in [5, 5.41) is 9.22. The first-order chi connectivity index (χ1) is 8.61. The van der Waals surface area contributed by atoms with Crippen LogP contribution in [0.2, 0.25) is 0 Å². The minimum absolute atomic E-state index is 0.172. The molecule has 2 atom stereocenters. The molecule has 0 radical (unpaired) electrons. The Labute approximate surface area is 109 Å². The number of carbonyl (C=O) groups is 2. The predicted octanol–water partition coefficient (Wildman–Crippen LogP) is 0.758. The van der Waals surface area contributed by atoms with E-state index in [1.54, 1.807) is 11.8 Å². The number of β-lactam (4-membered cyclic amide) rings is 1. The van der Waals surface area contributed by atoms with Crippen molar-refractivity contribution in [3.8, 4) is 0 Å². The standard InChI is InChI=1S/C12H16N2O3S/c13-8-10(15)14-9(12(16)17)7(5-18-11(8)14)6-3-1-2-4-6/h6,8,11H,1-5,13H2,(H,16,17)/t8?,11-/m0/s1. The number of amides is 1. The minimum atomic E-state index is -0.984. The molecule has 1 unspecified atom stereocenters. The second-order valence-corrected chi connectivity index (χ2v) is 6.20. The van der Waals surface area contributed by atoms with Crippen LogP contribution in [0.4, 0.5) is 0 Å². The third kappa shape index (κ3) is 1.59. The molecule has 0 aromatic heterocycles. The van der Waals surface area contributed by atoms with Gasteiger partial charge in [-0.05, 0) is 24.3 Å². The summed E-state index contributed by atoms with van der Waals surface area (Å²) in [5.41, 5.74) is 6.88. The second-order valence-electron chi connectivity index (χ2n) is 5.10. The maximum atomic E-state index is 11.8. The zero-order chi connectivity index (χ0) is 12.9. The quantitative estimate of drug-likeness (QED) is 0.722.